The molecule has 0 N–H and O–H groups in total. The van der Waals surface area contributed by atoms with Crippen LogP contribution in [0.2, 0.25) is 0 Å². The van der Waals surface area contributed by atoms with Crippen LogP contribution in [0.25, 0.3) is 0 Å². The smallest absolute Gasteiger partial charge is 0.273 e. The van der Waals surface area contributed by atoms with Crippen LogP contribution in [0.1, 0.15) is 416 Å². The molecule has 1 nitrogen and oxygen atoms in total. The average Bonchev–Trinajstić information content (AvgIpc) is 0.750. The van der Waals surface area contributed by atoms with Crippen LogP contribution in [0, 0.1) is 0 Å². The van der Waals surface area contributed by atoms with Crippen molar-refractivity contribution >= 4 is 38.8 Å². The quantitative estimate of drug-likeness (QED) is 0.0316. The zero-order valence-electron chi connectivity index (χ0n) is 65.0. The van der Waals surface area contributed by atoms with Crippen molar-refractivity contribution in [1.29, 1.82) is 0 Å². The van der Waals surface area contributed by atoms with Crippen molar-refractivity contribution in [2.45, 2.75) is 415 Å². The molecule has 0 unspecified atom stereocenters. The second kappa shape index (κ2) is 37.1. The maximum Gasteiger partial charge on any atom is 0.273 e. The Kier molecular flexibility index (Phi) is 32.9. The van der Waals surface area contributed by atoms with Gasteiger partial charge < -0.3 is 4.12 Å². The van der Waals surface area contributed by atoms with E-state index in [1.54, 1.807) is 22.3 Å². The highest BCUT2D eigenvalue weighted by atomic mass is 28.4. The van der Waals surface area contributed by atoms with Crippen LogP contribution < -0.4 is 20.7 Å². The lowest BCUT2D eigenvalue weighted by molar-refractivity contribution is 0.437. The molecule has 4 rings (SSSR count). The summed E-state index contributed by atoms with van der Waals surface area (Å²) in [5, 5.41) is 5.99. The average molecular weight is 1280 g/mol. The molecule has 0 aliphatic rings. The standard InChI is InChI=1S/C88H148OSi2/c1-25-33-41-57-81(9,10)69-49-53-77(73(65-69)85(17,18)61-45-37-29-5)90(78-54-50-70(82(11,12)58-42-34-26-2)66-74(78)86(19,20)62-46-38-30-6)89-91(79-55-51-71(83(13,14)59-43-35-27-3)67-75(79)87(21,22)63-47-39-31-7)80-56-52-72(84(15,16)60-44-36-28-4)68-76(80)88(23,24)64-48-40-32-8/h49-56,65-68H,25-48,57-64H2,1-24H3. The Hall–Kier alpha value is -2.73. The maximum atomic E-state index is 9.26. The van der Waals surface area contributed by atoms with Crippen LogP contribution >= 0.6 is 0 Å². The van der Waals surface area contributed by atoms with Crippen molar-refractivity contribution in [3.63, 3.8) is 0 Å². The van der Waals surface area contributed by atoms with Crippen molar-refractivity contribution in [3.8, 4) is 0 Å². The van der Waals surface area contributed by atoms with E-state index < -0.39 is 18.1 Å². The molecule has 4 aromatic rings. The molecule has 0 heterocycles. The lowest BCUT2D eigenvalue weighted by atomic mass is 9.74. The third kappa shape index (κ3) is 23.2. The summed E-state index contributed by atoms with van der Waals surface area (Å²) in [6.07, 6.45) is 39.6. The van der Waals surface area contributed by atoms with Gasteiger partial charge in [0.05, 0.1) is 0 Å². The van der Waals surface area contributed by atoms with E-state index in [9.17, 15) is 4.12 Å². The zero-order valence-corrected chi connectivity index (χ0v) is 67.0. The van der Waals surface area contributed by atoms with E-state index in [-0.39, 0.29) is 43.3 Å². The maximum absolute atomic E-state index is 9.26. The van der Waals surface area contributed by atoms with E-state index >= 15 is 0 Å². The lowest BCUT2D eigenvalue weighted by Crippen LogP contribution is -2.60. The first-order valence-electron chi connectivity index (χ1n) is 38.8. The van der Waals surface area contributed by atoms with Crippen LogP contribution in [0.3, 0.4) is 0 Å². The first-order valence-corrected chi connectivity index (χ1v) is 41.7. The van der Waals surface area contributed by atoms with E-state index in [2.05, 4.69) is 239 Å². The minimum atomic E-state index is -2.06. The van der Waals surface area contributed by atoms with Gasteiger partial charge in [-0.1, -0.05) is 393 Å². The molecular weight excluding hydrogens is 1130 g/mol. The molecule has 0 spiro atoms. The highest BCUT2D eigenvalue weighted by Crippen LogP contribution is 2.41. The van der Waals surface area contributed by atoms with E-state index in [0.717, 1.165) is 25.7 Å². The van der Waals surface area contributed by atoms with Gasteiger partial charge in [0.15, 0.2) is 0 Å². The summed E-state index contributed by atoms with van der Waals surface area (Å²) in [4.78, 5) is 0. The number of hydrogen-bond acceptors (Lipinski definition) is 1. The largest absolute Gasteiger partial charge is 0.442 e. The van der Waals surface area contributed by atoms with Gasteiger partial charge in [-0.25, -0.2) is 0 Å². The van der Waals surface area contributed by atoms with Gasteiger partial charge in [0.1, 0.15) is 0 Å². The van der Waals surface area contributed by atoms with Crippen molar-refractivity contribution in [2.24, 2.45) is 0 Å². The summed E-state index contributed by atoms with van der Waals surface area (Å²) in [5.74, 6) is 0. The lowest BCUT2D eigenvalue weighted by Gasteiger charge is -2.39. The summed E-state index contributed by atoms with van der Waals surface area (Å²) in [7, 11) is -4.13. The minimum absolute atomic E-state index is 0.0523. The Labute approximate surface area is 571 Å². The van der Waals surface area contributed by atoms with Crippen LogP contribution in [0.4, 0.5) is 0 Å². The summed E-state index contributed by atoms with van der Waals surface area (Å²) in [6, 6.07) is 32.3. The van der Waals surface area contributed by atoms with Gasteiger partial charge in [-0.15, -0.1) is 0 Å². The molecule has 0 bridgehead atoms. The van der Waals surface area contributed by atoms with Crippen molar-refractivity contribution in [1.82, 2.24) is 0 Å². The molecule has 4 aromatic carbocycles. The fourth-order valence-electron chi connectivity index (χ4n) is 15.2. The molecule has 0 amide bonds. The van der Waals surface area contributed by atoms with Crippen molar-refractivity contribution in [3.05, 3.63) is 117 Å². The van der Waals surface area contributed by atoms with Gasteiger partial charge in [0.25, 0.3) is 18.1 Å². The first kappa shape index (κ1) is 80.7. The van der Waals surface area contributed by atoms with Crippen LogP contribution in [-0.4, -0.2) is 18.1 Å². The molecule has 0 aliphatic heterocycles. The SMILES string of the molecule is CCCCCC(C)(C)c1ccc([Si](O[Si](c2ccc(C(C)(C)CCCCC)cc2C(C)(C)CCCCC)c2ccc(C(C)(C)CCCCC)cc2C(C)(C)CCCCC)c2ccc(C(C)(C)CCCCC)cc2C(C)(C)CCCCC)c(C(C)(C)CCCCC)c1. The molecule has 3 heteroatoms. The number of rotatable bonds is 46. The Morgan fingerprint density at radius 2 is 0.374 bits per heavy atom. The third-order valence-electron chi connectivity index (χ3n) is 22.5. The van der Waals surface area contributed by atoms with Gasteiger partial charge >= 0.3 is 0 Å². The monoisotopic (exact) mass is 1280 g/mol. The van der Waals surface area contributed by atoms with Crippen LogP contribution in [0.15, 0.2) is 72.8 Å². The molecule has 0 aliphatic carbocycles. The second-order valence-corrected chi connectivity index (χ2v) is 38.8. The molecule has 2 radical (unpaired) electrons. The Morgan fingerprint density at radius 3 is 0.527 bits per heavy atom. The van der Waals surface area contributed by atoms with Gasteiger partial charge in [0.2, 0.25) is 0 Å². The highest BCUT2D eigenvalue weighted by Gasteiger charge is 2.43. The zero-order chi connectivity index (χ0) is 67.9. The normalized spacial score (nSPS) is 13.4. The molecule has 0 saturated heterocycles. The number of hydrogen-bond donors (Lipinski definition) is 0. The second-order valence-electron chi connectivity index (χ2n) is 34.5. The predicted octanol–water partition coefficient (Wildman–Crippen LogP) is 25.5. The summed E-state index contributed by atoms with van der Waals surface area (Å²) in [5.41, 5.74) is 12.1. The summed E-state index contributed by atoms with van der Waals surface area (Å²) < 4.78 is 9.26. The Balaban J connectivity index is 2.48. The van der Waals surface area contributed by atoms with Crippen LogP contribution in [0.5, 0.6) is 0 Å². The van der Waals surface area contributed by atoms with Gasteiger partial charge in [-0.3, -0.25) is 0 Å². The third-order valence-corrected chi connectivity index (χ3v) is 27.9. The summed E-state index contributed by atoms with van der Waals surface area (Å²) >= 11 is 0. The van der Waals surface area contributed by atoms with Crippen LogP contribution in [-0.2, 0) is 47.4 Å². The van der Waals surface area contributed by atoms with E-state index in [1.807, 2.05) is 0 Å². The van der Waals surface area contributed by atoms with Gasteiger partial charge in [0, 0.05) is 0 Å². The molecular formula is C88H148OSi2. The van der Waals surface area contributed by atoms with E-state index in [4.69, 9.17) is 0 Å². The van der Waals surface area contributed by atoms with E-state index in [0.29, 0.717) is 0 Å². The fourth-order valence-corrected chi connectivity index (χ4v) is 21.9. The Bertz CT molecular complexity index is 2350. The van der Waals surface area contributed by atoms with Crippen molar-refractivity contribution in [2.75, 3.05) is 0 Å². The molecule has 91 heavy (non-hydrogen) atoms. The Morgan fingerprint density at radius 1 is 0.220 bits per heavy atom. The van der Waals surface area contributed by atoms with E-state index in [1.165, 1.54) is 223 Å². The van der Waals surface area contributed by atoms with Gasteiger partial charge in [-0.2, -0.15) is 0 Å². The van der Waals surface area contributed by atoms with Crippen molar-refractivity contribution < 1.29 is 4.12 Å². The molecule has 514 valence electrons. The molecule has 0 aromatic heterocycles. The molecule has 0 saturated carbocycles. The minimum Gasteiger partial charge on any atom is -0.442 e. The number of unbranched alkanes of at least 4 members (excludes halogenated alkanes) is 16. The highest BCUT2D eigenvalue weighted by molar-refractivity contribution is 6.92. The topological polar surface area (TPSA) is 9.23 Å². The first-order chi connectivity index (χ1) is 42.8. The predicted molar refractivity (Wildman–Crippen MR) is 414 cm³/mol. The fraction of sp³-hybridized carbons (Fsp3) is 0.727. The summed E-state index contributed by atoms with van der Waals surface area (Å²) in [6.45, 7) is 60.3. The molecule has 0 fully saturated rings. The number of benzene rings is 4. The van der Waals surface area contributed by atoms with Gasteiger partial charge in [-0.05, 0) is 160 Å². The molecule has 0 atom stereocenters.